The first-order valence-corrected chi connectivity index (χ1v) is 41.4. The number of aryl methyl sites for hydroxylation is 1. The number of nitrogens with zero attached hydrogens (tertiary/aromatic N) is 5. The van der Waals surface area contributed by atoms with Crippen molar-refractivity contribution in [3.63, 3.8) is 0 Å². The second-order valence-corrected chi connectivity index (χ2v) is 31.1. The highest BCUT2D eigenvalue weighted by molar-refractivity contribution is 6.13. The van der Waals surface area contributed by atoms with Crippen molar-refractivity contribution in [1.29, 1.82) is 0 Å². The number of fused-ring (bicyclic) bond motifs is 2. The molecule has 0 spiro atoms. The number of nitrogens with one attached hydrogen (secondary N) is 5. The lowest BCUT2D eigenvalue weighted by molar-refractivity contribution is -0.137. The number of aliphatic hydroxyl groups is 1. The molecule has 5 aromatic carbocycles. The number of benzene rings is 5. The molecule has 9 aliphatic rings. The van der Waals surface area contributed by atoms with Gasteiger partial charge in [0.2, 0.25) is 17.7 Å². The van der Waals surface area contributed by atoms with Gasteiger partial charge in [-0.1, -0.05) is 84.7 Å². The number of ketones is 4. The average Bonchev–Trinajstić information content (AvgIpc) is 1.60. The van der Waals surface area contributed by atoms with E-state index in [2.05, 4.69) is 26.6 Å². The number of Topliss-reactive ketones (excluding diaryl/α,β-unsaturated/α-hetero) is 4. The molecule has 122 heavy (non-hydrogen) atoms. The summed E-state index contributed by atoms with van der Waals surface area (Å²) in [4.78, 5) is 182. The van der Waals surface area contributed by atoms with Crippen LogP contribution in [-0.2, 0) is 106 Å². The Morgan fingerprint density at radius 1 is 0.574 bits per heavy atom. The van der Waals surface area contributed by atoms with Crippen LogP contribution in [0.2, 0.25) is 0 Å². The van der Waals surface area contributed by atoms with E-state index in [4.69, 9.17) is 37.9 Å². The number of amides is 9. The summed E-state index contributed by atoms with van der Waals surface area (Å²) in [5, 5.41) is 27.1. The van der Waals surface area contributed by atoms with Gasteiger partial charge >= 0.3 is 12.2 Å². The molecule has 0 saturated heterocycles. The Hall–Kier alpha value is -11.8. The summed E-state index contributed by atoms with van der Waals surface area (Å²) in [6.07, 6.45) is 5.69. The van der Waals surface area contributed by atoms with Gasteiger partial charge in [0.05, 0.1) is 87.8 Å². The number of unbranched alkanes of at least 4 members (excludes halogenated alkanes) is 2. The van der Waals surface area contributed by atoms with Crippen molar-refractivity contribution in [2.45, 2.75) is 161 Å². The summed E-state index contributed by atoms with van der Waals surface area (Å²) < 4.78 is 47.6. The number of carbonyl (C=O) groups is 13. The Morgan fingerprint density at radius 3 is 1.83 bits per heavy atom. The number of methoxy groups -OCH3 is 2. The molecule has 32 heteroatoms. The second-order valence-electron chi connectivity index (χ2n) is 31.1. The van der Waals surface area contributed by atoms with Gasteiger partial charge in [-0.05, 0) is 116 Å². The molecule has 4 atom stereocenters. The lowest BCUT2D eigenvalue weighted by Gasteiger charge is -2.31. The number of aliphatic hydroxyl groups excluding tert-OH is 1. The quantitative estimate of drug-likeness (QED) is 0.0295. The number of imide groups is 1. The third-order valence-electron chi connectivity index (χ3n) is 21.5. The zero-order valence-electron chi connectivity index (χ0n) is 69.7. The predicted molar refractivity (Wildman–Crippen MR) is 447 cm³/mol. The van der Waals surface area contributed by atoms with Crippen LogP contribution in [0.3, 0.4) is 0 Å². The molecule has 0 fully saturated rings. The van der Waals surface area contributed by atoms with E-state index in [1.807, 2.05) is 13.0 Å². The third-order valence-corrected chi connectivity index (χ3v) is 21.5. The fourth-order valence-corrected chi connectivity index (χ4v) is 15.1. The monoisotopic (exact) mass is 1680 g/mol. The SMILES string of the molecule is COCCC(=O)CCCCC[C@@H](NC(=O)CCCN1C(=O)C=CC1=O)C(=O)Nc1cc2cc(c1)COc1cc3c(cc1OC)C(=O)N1CC(C)=C[C@H]1C(O)N3C(=O)OCc1ccc(cc1)CC(=O)CNCCOCCNC(=O)CCC(=O)CCCOCCNCC(=O)Cc1ccc(cc1)COC(=O)N1CC3C=C(C)CN3C(=O)c3cc(C)c(cc31)OC2. The molecular weight excluding hydrogens is 1570 g/mol. The minimum absolute atomic E-state index is 0.00270. The molecular formula is C90H108N10O22. The van der Waals surface area contributed by atoms with Crippen LogP contribution in [0.15, 0.2) is 126 Å². The second kappa shape index (κ2) is 44.6. The van der Waals surface area contributed by atoms with Crippen molar-refractivity contribution in [3.05, 3.63) is 177 Å². The Morgan fingerprint density at radius 2 is 1.16 bits per heavy atom. The maximum absolute atomic E-state index is 14.9. The van der Waals surface area contributed by atoms with Gasteiger partial charge in [0, 0.05) is 134 Å². The number of hydrogen-bond donors (Lipinski definition) is 6. The Bertz CT molecular complexity index is 4760. The smallest absolute Gasteiger partial charge is 0.416 e. The summed E-state index contributed by atoms with van der Waals surface area (Å²) in [6, 6.07) is 22.4. The van der Waals surface area contributed by atoms with Gasteiger partial charge in [0.15, 0.2) is 29.3 Å². The number of ether oxygens (including phenoxy) is 8. The minimum atomic E-state index is -1.68. The van der Waals surface area contributed by atoms with E-state index in [0.717, 1.165) is 38.7 Å². The number of carbonyl (C=O) groups excluding carboxylic acids is 13. The van der Waals surface area contributed by atoms with Gasteiger partial charge in [0.25, 0.3) is 23.6 Å². The summed E-state index contributed by atoms with van der Waals surface area (Å²) in [7, 11) is 2.88. The molecule has 14 rings (SSSR count). The van der Waals surface area contributed by atoms with Crippen LogP contribution in [0.5, 0.6) is 17.2 Å². The molecule has 2 unspecified atom stereocenters. The summed E-state index contributed by atoms with van der Waals surface area (Å²) >= 11 is 0. The largest absolute Gasteiger partial charge is 0.493 e. The highest BCUT2D eigenvalue weighted by Crippen LogP contribution is 2.43. The van der Waals surface area contributed by atoms with Crippen molar-refractivity contribution in [2.24, 2.45) is 0 Å². The summed E-state index contributed by atoms with van der Waals surface area (Å²) in [5.74, 6) is -3.16. The molecule has 32 nitrogen and oxygen atoms in total. The number of anilines is 3. The molecule has 9 amide bonds. The number of hydrogen-bond acceptors (Lipinski definition) is 24. The Kier molecular flexibility index (Phi) is 33.3. The molecule has 0 aromatic heterocycles. The zero-order valence-corrected chi connectivity index (χ0v) is 69.7. The van der Waals surface area contributed by atoms with E-state index in [1.165, 1.54) is 36.2 Å². The van der Waals surface area contributed by atoms with Crippen LogP contribution in [0.4, 0.5) is 26.7 Å². The van der Waals surface area contributed by atoms with Crippen LogP contribution >= 0.6 is 0 Å². The van der Waals surface area contributed by atoms with Gasteiger partial charge in [-0.2, -0.15) is 0 Å². The topological polar surface area (TPSA) is 392 Å². The van der Waals surface area contributed by atoms with Gasteiger partial charge in [-0.3, -0.25) is 62.5 Å². The van der Waals surface area contributed by atoms with Gasteiger partial charge in [-0.25, -0.2) is 14.5 Å². The van der Waals surface area contributed by atoms with Crippen LogP contribution < -0.4 is 50.6 Å². The summed E-state index contributed by atoms with van der Waals surface area (Å²) in [6.45, 7) is 7.57. The third kappa shape index (κ3) is 25.6. The molecule has 0 aliphatic carbocycles. The fourth-order valence-electron chi connectivity index (χ4n) is 15.1. The van der Waals surface area contributed by atoms with Gasteiger partial charge < -0.3 is 79.4 Å². The molecule has 5 aromatic rings. The lowest BCUT2D eigenvalue weighted by atomic mass is 10.0. The first-order chi connectivity index (χ1) is 58.9. The standard InChI is InChI=1S/C90H108N10O22/c1-57-37-67-52-99-75-46-78(59(3)39-72(75)86(110)97(67)50-57)119-55-64-40-65(42-66(41-64)94-85(109)74(13-8-6-7-11-69(102)27-33-115-4)95-82(106)14-9-31-96-83(107)25-26-84(96)108)56-120-80-47-76-73(45-79(80)116-5)87(111)98-51-58(2)38-77(98)88(112)100(76)90(114)122-54-63-21-17-61(18-22-63)44-71(104)49-92-29-35-118-36-30-93-81(105)24-23-68(101)12-10-32-117-34-28-91-48-70(103)43-60-15-19-62(20-16-60)53-121-89(99)113/h15-22,25-26,37-42,45-47,67,74,77,88,91-92,112H,6-14,23-24,27-36,43-44,48-56H2,1-5H3,(H,93,105)(H,94,109)(H,95,106)/t67?,74-,77+,88?/m1/s1. The van der Waals surface area contributed by atoms with E-state index >= 15 is 0 Å². The molecule has 10 bridgehead atoms. The van der Waals surface area contributed by atoms with Crippen molar-refractivity contribution in [1.82, 2.24) is 36.0 Å². The van der Waals surface area contributed by atoms with Crippen molar-refractivity contribution in [2.75, 3.05) is 121 Å². The molecule has 9 heterocycles. The highest BCUT2D eigenvalue weighted by Gasteiger charge is 2.46. The average molecular weight is 1680 g/mol. The van der Waals surface area contributed by atoms with Gasteiger partial charge in [0.1, 0.15) is 49.8 Å². The van der Waals surface area contributed by atoms with Crippen molar-refractivity contribution < 1.29 is 105 Å². The summed E-state index contributed by atoms with van der Waals surface area (Å²) in [5.41, 5.74) is 6.24. The van der Waals surface area contributed by atoms with Crippen LogP contribution in [0, 0.1) is 6.92 Å². The van der Waals surface area contributed by atoms with Crippen molar-refractivity contribution in [3.8, 4) is 17.2 Å². The molecule has 6 N–H and O–H groups in total. The Balaban J connectivity index is 0.873. The molecule has 0 radical (unpaired) electrons. The molecule has 650 valence electrons. The maximum Gasteiger partial charge on any atom is 0.416 e. The van der Waals surface area contributed by atoms with Crippen LogP contribution in [0.25, 0.3) is 0 Å². The van der Waals surface area contributed by atoms with Gasteiger partial charge in [-0.15, -0.1) is 0 Å². The molecule has 9 aliphatic heterocycles. The van der Waals surface area contributed by atoms with Crippen LogP contribution in [-0.4, -0.2) is 227 Å². The van der Waals surface area contributed by atoms with Crippen molar-refractivity contribution >= 4 is 93.7 Å². The predicted octanol–water partition coefficient (Wildman–Crippen LogP) is 7.71. The number of rotatable bonds is 17. The fraction of sp³-hybridized carbons (Fsp3) is 0.456. The molecule has 0 saturated carbocycles. The van der Waals surface area contributed by atoms with E-state index in [-0.39, 0.29) is 224 Å². The first kappa shape index (κ1) is 90.9. The van der Waals surface area contributed by atoms with E-state index < -0.39 is 66.1 Å². The Labute approximate surface area is 708 Å². The zero-order chi connectivity index (χ0) is 86.8. The van der Waals surface area contributed by atoms with E-state index in [1.54, 1.807) is 104 Å². The maximum atomic E-state index is 14.9. The highest BCUT2D eigenvalue weighted by atomic mass is 16.6. The minimum Gasteiger partial charge on any atom is -0.493 e. The lowest BCUT2D eigenvalue weighted by Crippen LogP contribution is -2.50. The van der Waals surface area contributed by atoms with E-state index in [0.29, 0.717) is 98.3 Å². The normalized spacial score (nSPS) is 19.7. The van der Waals surface area contributed by atoms with E-state index in [9.17, 15) is 67.4 Å². The first-order valence-electron chi connectivity index (χ1n) is 41.4. The van der Waals surface area contributed by atoms with Crippen LogP contribution in [0.1, 0.15) is 151 Å².